The number of aliphatic imine (C=N–C) groups is 1. The van der Waals surface area contributed by atoms with Crippen molar-refractivity contribution in [3.05, 3.63) is 40.9 Å². The summed E-state index contributed by atoms with van der Waals surface area (Å²) in [6.45, 7) is 3.14. The standard InChI is InChI=1S/C17H23ClF2N6O.HI/c1-3-15-25-24-11-26(15)8-7-22-17(21-4-2)23-10-12-9-13(18)5-6-14(12)27-16(19)20;/h5-6,9,11,16H,3-4,7-8,10H2,1-2H3,(H2,21,22,23);1H. The van der Waals surface area contributed by atoms with Crippen LogP contribution in [0.15, 0.2) is 29.5 Å². The van der Waals surface area contributed by atoms with Gasteiger partial charge in [-0.05, 0) is 25.1 Å². The van der Waals surface area contributed by atoms with E-state index in [-0.39, 0.29) is 36.3 Å². The van der Waals surface area contributed by atoms with Crippen molar-refractivity contribution in [2.24, 2.45) is 4.99 Å². The summed E-state index contributed by atoms with van der Waals surface area (Å²) in [7, 11) is 0. The van der Waals surface area contributed by atoms with Crippen LogP contribution in [-0.2, 0) is 19.5 Å². The average molecular weight is 529 g/mol. The molecule has 0 saturated heterocycles. The van der Waals surface area contributed by atoms with Crippen LogP contribution in [0.5, 0.6) is 5.75 Å². The van der Waals surface area contributed by atoms with E-state index < -0.39 is 6.61 Å². The molecule has 0 atom stereocenters. The second-order valence-corrected chi connectivity index (χ2v) is 5.98. The predicted octanol–water partition coefficient (Wildman–Crippen LogP) is 3.47. The van der Waals surface area contributed by atoms with E-state index in [0.29, 0.717) is 36.2 Å². The summed E-state index contributed by atoms with van der Waals surface area (Å²) >= 11 is 5.96. The first-order chi connectivity index (χ1) is 13.0. The van der Waals surface area contributed by atoms with Gasteiger partial charge in [-0.1, -0.05) is 18.5 Å². The second kappa shape index (κ2) is 12.7. The van der Waals surface area contributed by atoms with Gasteiger partial charge >= 0.3 is 6.61 Å². The molecule has 0 bridgehead atoms. The van der Waals surface area contributed by atoms with Crippen molar-refractivity contribution in [3.8, 4) is 5.75 Å². The van der Waals surface area contributed by atoms with E-state index in [9.17, 15) is 8.78 Å². The number of guanidine groups is 1. The summed E-state index contributed by atoms with van der Waals surface area (Å²) in [6, 6.07) is 4.48. The minimum Gasteiger partial charge on any atom is -0.434 e. The maximum absolute atomic E-state index is 12.6. The zero-order valence-corrected chi connectivity index (χ0v) is 18.7. The first kappa shape index (κ1) is 24.3. The molecule has 0 unspecified atom stereocenters. The number of ether oxygens (including phenoxy) is 1. The van der Waals surface area contributed by atoms with Crippen LogP contribution in [0.25, 0.3) is 0 Å². The molecule has 1 heterocycles. The number of aryl methyl sites for hydroxylation is 1. The zero-order valence-electron chi connectivity index (χ0n) is 15.7. The first-order valence-electron chi connectivity index (χ1n) is 8.65. The van der Waals surface area contributed by atoms with Gasteiger partial charge in [0.2, 0.25) is 0 Å². The van der Waals surface area contributed by atoms with Crippen molar-refractivity contribution in [2.75, 3.05) is 13.1 Å². The number of hydrogen-bond donors (Lipinski definition) is 2. The maximum Gasteiger partial charge on any atom is 0.387 e. The number of aromatic nitrogens is 3. The molecule has 0 spiro atoms. The van der Waals surface area contributed by atoms with Crippen molar-refractivity contribution in [1.82, 2.24) is 25.4 Å². The van der Waals surface area contributed by atoms with Gasteiger partial charge in [0.1, 0.15) is 17.9 Å². The van der Waals surface area contributed by atoms with Crippen LogP contribution in [0, 0.1) is 0 Å². The lowest BCUT2D eigenvalue weighted by atomic mass is 10.2. The molecule has 0 radical (unpaired) electrons. The lowest BCUT2D eigenvalue weighted by Crippen LogP contribution is -2.39. The topological polar surface area (TPSA) is 76.4 Å². The normalized spacial score (nSPS) is 11.3. The Labute approximate surface area is 184 Å². The number of nitrogens with one attached hydrogen (secondary N) is 2. The molecule has 1 aromatic heterocycles. The highest BCUT2D eigenvalue weighted by atomic mass is 127. The zero-order chi connectivity index (χ0) is 19.6. The number of nitrogens with zero attached hydrogens (tertiary/aromatic N) is 4. The number of hydrogen-bond acceptors (Lipinski definition) is 4. The van der Waals surface area contributed by atoms with E-state index in [0.717, 1.165) is 12.2 Å². The third-order valence-electron chi connectivity index (χ3n) is 3.65. The number of halogens is 4. The Hall–Kier alpha value is -1.69. The van der Waals surface area contributed by atoms with E-state index >= 15 is 0 Å². The molecule has 2 aromatic rings. The molecule has 0 aliphatic rings. The minimum absolute atomic E-state index is 0. The molecule has 11 heteroatoms. The lowest BCUT2D eigenvalue weighted by Gasteiger charge is -2.13. The molecule has 2 rings (SSSR count). The van der Waals surface area contributed by atoms with Gasteiger partial charge in [0, 0.05) is 36.6 Å². The molecular formula is C17H24ClF2IN6O. The monoisotopic (exact) mass is 528 g/mol. The van der Waals surface area contributed by atoms with Crippen LogP contribution in [-0.4, -0.2) is 40.4 Å². The highest BCUT2D eigenvalue weighted by molar-refractivity contribution is 14.0. The smallest absolute Gasteiger partial charge is 0.387 e. The summed E-state index contributed by atoms with van der Waals surface area (Å²) < 4.78 is 31.6. The average Bonchev–Trinajstić information content (AvgIpc) is 3.08. The number of benzene rings is 1. The Bertz CT molecular complexity index is 759. The van der Waals surface area contributed by atoms with Crippen molar-refractivity contribution in [2.45, 2.75) is 40.0 Å². The Balaban J connectivity index is 0.00000392. The molecule has 156 valence electrons. The summed E-state index contributed by atoms with van der Waals surface area (Å²) in [4.78, 5) is 4.42. The quantitative estimate of drug-likeness (QED) is 0.296. The van der Waals surface area contributed by atoms with Crippen molar-refractivity contribution >= 4 is 41.5 Å². The molecule has 0 aliphatic heterocycles. The Morgan fingerprint density at radius 2 is 2.11 bits per heavy atom. The molecule has 0 aliphatic carbocycles. The highest BCUT2D eigenvalue weighted by Crippen LogP contribution is 2.25. The Morgan fingerprint density at radius 1 is 1.32 bits per heavy atom. The molecule has 7 nitrogen and oxygen atoms in total. The lowest BCUT2D eigenvalue weighted by molar-refractivity contribution is -0.0504. The minimum atomic E-state index is -2.91. The van der Waals surface area contributed by atoms with Gasteiger partial charge in [0.25, 0.3) is 0 Å². The second-order valence-electron chi connectivity index (χ2n) is 5.55. The van der Waals surface area contributed by atoms with E-state index in [2.05, 4.69) is 30.6 Å². The molecule has 0 saturated carbocycles. The maximum atomic E-state index is 12.6. The van der Waals surface area contributed by atoms with E-state index in [1.807, 2.05) is 18.4 Å². The predicted molar refractivity (Wildman–Crippen MR) is 116 cm³/mol. The van der Waals surface area contributed by atoms with Gasteiger partial charge in [-0.15, -0.1) is 34.2 Å². The SMILES string of the molecule is CCNC(=NCc1cc(Cl)ccc1OC(F)F)NCCn1cnnc1CC.I. The number of rotatable bonds is 9. The van der Waals surface area contributed by atoms with Crippen LogP contribution >= 0.6 is 35.6 Å². The highest BCUT2D eigenvalue weighted by Gasteiger charge is 2.10. The van der Waals surface area contributed by atoms with Crippen LogP contribution in [0.2, 0.25) is 5.02 Å². The number of alkyl halides is 2. The molecule has 0 amide bonds. The first-order valence-corrected chi connectivity index (χ1v) is 9.03. The Kier molecular flexibility index (Phi) is 11.0. The summed E-state index contributed by atoms with van der Waals surface area (Å²) in [5.74, 6) is 1.53. The van der Waals surface area contributed by atoms with Gasteiger partial charge < -0.3 is 19.9 Å². The largest absolute Gasteiger partial charge is 0.434 e. The van der Waals surface area contributed by atoms with E-state index in [1.54, 1.807) is 12.4 Å². The van der Waals surface area contributed by atoms with Gasteiger partial charge in [-0.3, -0.25) is 0 Å². The van der Waals surface area contributed by atoms with Gasteiger partial charge in [-0.2, -0.15) is 8.78 Å². The third kappa shape index (κ3) is 7.74. The molecule has 0 fully saturated rings. The fourth-order valence-electron chi connectivity index (χ4n) is 2.42. The van der Waals surface area contributed by atoms with Gasteiger partial charge in [0.05, 0.1) is 6.54 Å². The van der Waals surface area contributed by atoms with Crippen LogP contribution in [0.3, 0.4) is 0 Å². The van der Waals surface area contributed by atoms with E-state index in [1.165, 1.54) is 12.1 Å². The Morgan fingerprint density at radius 3 is 2.79 bits per heavy atom. The summed E-state index contributed by atoms with van der Waals surface area (Å²) in [6.07, 6.45) is 2.49. The third-order valence-corrected chi connectivity index (χ3v) is 3.88. The summed E-state index contributed by atoms with van der Waals surface area (Å²) in [5.41, 5.74) is 0.479. The van der Waals surface area contributed by atoms with Gasteiger partial charge in [0.15, 0.2) is 5.96 Å². The van der Waals surface area contributed by atoms with Crippen LogP contribution in [0.1, 0.15) is 25.2 Å². The van der Waals surface area contributed by atoms with Crippen molar-refractivity contribution in [1.29, 1.82) is 0 Å². The molecule has 28 heavy (non-hydrogen) atoms. The summed E-state index contributed by atoms with van der Waals surface area (Å²) in [5, 5.41) is 14.7. The van der Waals surface area contributed by atoms with Crippen LogP contribution in [0.4, 0.5) is 8.78 Å². The fourth-order valence-corrected chi connectivity index (χ4v) is 2.62. The van der Waals surface area contributed by atoms with Crippen molar-refractivity contribution in [3.63, 3.8) is 0 Å². The van der Waals surface area contributed by atoms with Crippen LogP contribution < -0.4 is 15.4 Å². The fraction of sp³-hybridized carbons (Fsp3) is 0.471. The molecule has 2 N–H and O–H groups in total. The van der Waals surface area contributed by atoms with Crippen molar-refractivity contribution < 1.29 is 13.5 Å². The molecular weight excluding hydrogens is 505 g/mol. The molecule has 1 aromatic carbocycles. The van der Waals surface area contributed by atoms with E-state index in [4.69, 9.17) is 11.6 Å². The van der Waals surface area contributed by atoms with Gasteiger partial charge in [-0.25, -0.2) is 4.99 Å².